The molecule has 0 saturated carbocycles. The van der Waals surface area contributed by atoms with Gasteiger partial charge in [0.2, 0.25) is 5.91 Å². The zero-order chi connectivity index (χ0) is 56.4. The van der Waals surface area contributed by atoms with Crippen molar-refractivity contribution >= 4 is 19.7 Å². The number of ether oxygens (including phenoxy) is 1. The summed E-state index contributed by atoms with van der Waals surface area (Å²) in [5.74, 6) is -0.516. The molecule has 0 saturated heterocycles. The van der Waals surface area contributed by atoms with E-state index in [1.165, 1.54) is 161 Å². The van der Waals surface area contributed by atoms with Crippen LogP contribution >= 0.6 is 7.82 Å². The number of allylic oxidation sites excluding steroid dienone is 11. The number of hydrogen-bond donors (Lipinski definition) is 2. The van der Waals surface area contributed by atoms with Crippen molar-refractivity contribution in [2.75, 3.05) is 40.9 Å². The van der Waals surface area contributed by atoms with Crippen LogP contribution in [0.5, 0.6) is 0 Å². The summed E-state index contributed by atoms with van der Waals surface area (Å²) in [6, 6.07) is -0.857. The predicted octanol–water partition coefficient (Wildman–Crippen LogP) is 20.0. The molecular weight excluding hydrogens is 976 g/mol. The van der Waals surface area contributed by atoms with E-state index in [4.69, 9.17) is 13.8 Å². The van der Waals surface area contributed by atoms with Gasteiger partial charge in [0.1, 0.15) is 19.3 Å². The molecule has 0 aliphatic heterocycles. The average Bonchev–Trinajstić information content (AvgIpc) is 3.39. The molecule has 0 bridgehead atoms. The Morgan fingerprint density at radius 2 is 0.831 bits per heavy atom. The first-order valence-electron chi connectivity index (χ1n) is 32.3. The first kappa shape index (κ1) is 74.5. The van der Waals surface area contributed by atoms with Crippen molar-refractivity contribution in [2.24, 2.45) is 0 Å². The summed E-state index contributed by atoms with van der Waals surface area (Å²) in [5.41, 5.74) is 0. The van der Waals surface area contributed by atoms with Gasteiger partial charge in [0, 0.05) is 12.8 Å². The molecule has 0 heterocycles. The van der Waals surface area contributed by atoms with Gasteiger partial charge in [-0.1, -0.05) is 255 Å². The van der Waals surface area contributed by atoms with Crippen LogP contribution < -0.4 is 5.32 Å². The van der Waals surface area contributed by atoms with Gasteiger partial charge in [0.05, 0.1) is 33.8 Å². The Bertz CT molecular complexity index is 1550. The van der Waals surface area contributed by atoms with E-state index in [1.807, 2.05) is 33.3 Å². The number of hydrogen-bond acceptors (Lipinski definition) is 6. The molecule has 10 heteroatoms. The molecule has 0 spiro atoms. The van der Waals surface area contributed by atoms with Crippen molar-refractivity contribution in [1.82, 2.24) is 5.32 Å². The van der Waals surface area contributed by atoms with E-state index in [-0.39, 0.29) is 31.5 Å². The molecule has 77 heavy (non-hydrogen) atoms. The summed E-state index contributed by atoms with van der Waals surface area (Å²) < 4.78 is 30.7. The Labute approximate surface area is 476 Å². The van der Waals surface area contributed by atoms with Gasteiger partial charge in [0.25, 0.3) is 0 Å². The van der Waals surface area contributed by atoms with Crippen LogP contribution in [-0.4, -0.2) is 74.3 Å². The molecule has 0 radical (unpaired) electrons. The maximum absolute atomic E-state index is 13.5. The summed E-state index contributed by atoms with van der Waals surface area (Å²) in [7, 11) is 1.49. The van der Waals surface area contributed by atoms with Gasteiger partial charge in [-0.05, 0) is 96.0 Å². The highest BCUT2D eigenvalue weighted by Gasteiger charge is 2.30. The van der Waals surface area contributed by atoms with Crippen molar-refractivity contribution in [3.63, 3.8) is 0 Å². The lowest BCUT2D eigenvalue weighted by atomic mass is 10.0. The average molecular weight is 1100 g/mol. The zero-order valence-corrected chi connectivity index (χ0v) is 52.1. The van der Waals surface area contributed by atoms with Gasteiger partial charge in [-0.15, -0.1) is 0 Å². The summed E-state index contributed by atoms with van der Waals surface area (Å²) in [5, 5.41) is 3.05. The smallest absolute Gasteiger partial charge is 0.456 e. The van der Waals surface area contributed by atoms with Crippen molar-refractivity contribution in [2.45, 2.75) is 303 Å². The molecule has 0 aromatic heterocycles. The summed E-state index contributed by atoms with van der Waals surface area (Å²) in [6.45, 7) is 6.88. The SMILES string of the molecule is CC/C=C/C/C=C/C/C=C/CCCCCCCCC(=O)NC(COP(=O)(O)OCC[N+](C)(C)C)C(/C=C\CCCCCCCCCCCC)OC(=O)CCCCCCCCCCCCCCC/C=C\C/C=C\CCCCC. The number of rotatable bonds is 58. The number of esters is 1. The van der Waals surface area contributed by atoms with Crippen LogP contribution in [0.3, 0.4) is 0 Å². The molecule has 0 aromatic rings. The predicted molar refractivity (Wildman–Crippen MR) is 332 cm³/mol. The van der Waals surface area contributed by atoms with Crippen LogP contribution in [0, 0.1) is 0 Å². The quantitative estimate of drug-likeness (QED) is 0.0205. The molecule has 0 aromatic carbocycles. The lowest BCUT2D eigenvalue weighted by Gasteiger charge is -2.27. The second-order valence-electron chi connectivity index (χ2n) is 22.9. The van der Waals surface area contributed by atoms with E-state index in [0.717, 1.165) is 96.3 Å². The van der Waals surface area contributed by atoms with E-state index in [1.54, 1.807) is 0 Å². The fourth-order valence-corrected chi connectivity index (χ4v) is 9.90. The highest BCUT2D eigenvalue weighted by molar-refractivity contribution is 7.47. The first-order valence-corrected chi connectivity index (χ1v) is 33.8. The van der Waals surface area contributed by atoms with Gasteiger partial charge in [-0.25, -0.2) is 4.57 Å². The fourth-order valence-electron chi connectivity index (χ4n) is 9.16. The number of amides is 1. The van der Waals surface area contributed by atoms with Crippen molar-refractivity contribution < 1.29 is 37.3 Å². The molecule has 0 rings (SSSR count). The Balaban J connectivity index is 5.17. The Morgan fingerprint density at radius 1 is 0.468 bits per heavy atom. The highest BCUT2D eigenvalue weighted by atomic mass is 31.2. The molecule has 3 unspecified atom stereocenters. The minimum absolute atomic E-state index is 0.0357. The number of carbonyl (C=O) groups excluding carboxylic acids is 2. The molecule has 2 N–H and O–H groups in total. The molecule has 1 amide bonds. The van der Waals surface area contributed by atoms with Gasteiger partial charge in [-0.3, -0.25) is 18.6 Å². The van der Waals surface area contributed by atoms with Crippen LogP contribution in [0.15, 0.2) is 72.9 Å². The third-order valence-corrected chi connectivity index (χ3v) is 15.1. The van der Waals surface area contributed by atoms with Gasteiger partial charge < -0.3 is 19.4 Å². The molecular formula is C67H124N2O7P+. The molecule has 0 aliphatic rings. The molecule has 448 valence electrons. The van der Waals surface area contributed by atoms with Crippen molar-refractivity contribution in [3.8, 4) is 0 Å². The van der Waals surface area contributed by atoms with E-state index < -0.39 is 20.0 Å². The Kier molecular flexibility index (Phi) is 54.8. The Morgan fingerprint density at radius 3 is 1.27 bits per heavy atom. The van der Waals surface area contributed by atoms with Gasteiger partial charge in [-0.2, -0.15) is 0 Å². The largest absolute Gasteiger partial charge is 0.472 e. The lowest BCUT2D eigenvalue weighted by Crippen LogP contribution is -2.47. The molecule has 9 nitrogen and oxygen atoms in total. The molecule has 3 atom stereocenters. The van der Waals surface area contributed by atoms with Crippen LogP contribution in [0.25, 0.3) is 0 Å². The van der Waals surface area contributed by atoms with Gasteiger partial charge >= 0.3 is 13.8 Å². The summed E-state index contributed by atoms with van der Waals surface area (Å²) in [4.78, 5) is 37.7. The second kappa shape index (κ2) is 56.7. The minimum atomic E-state index is -4.45. The number of carbonyl (C=O) groups is 2. The number of likely N-dealkylation sites (N-methyl/N-ethyl adjacent to an activating group) is 1. The van der Waals surface area contributed by atoms with E-state index in [9.17, 15) is 19.0 Å². The zero-order valence-electron chi connectivity index (χ0n) is 51.2. The number of phosphoric acid groups is 1. The van der Waals surface area contributed by atoms with Crippen LogP contribution in [0.4, 0.5) is 0 Å². The van der Waals surface area contributed by atoms with Crippen LogP contribution in [0.1, 0.15) is 290 Å². The number of nitrogens with one attached hydrogen (secondary N) is 1. The molecule has 0 aliphatic carbocycles. The minimum Gasteiger partial charge on any atom is -0.456 e. The van der Waals surface area contributed by atoms with Crippen molar-refractivity contribution in [3.05, 3.63) is 72.9 Å². The van der Waals surface area contributed by atoms with E-state index in [0.29, 0.717) is 17.4 Å². The normalized spacial score (nSPS) is 14.1. The maximum atomic E-state index is 13.5. The van der Waals surface area contributed by atoms with Crippen LogP contribution in [0.2, 0.25) is 0 Å². The summed E-state index contributed by atoms with van der Waals surface area (Å²) in [6.07, 6.45) is 73.3. The highest BCUT2D eigenvalue weighted by Crippen LogP contribution is 2.43. The van der Waals surface area contributed by atoms with E-state index in [2.05, 4.69) is 86.8 Å². The second-order valence-corrected chi connectivity index (χ2v) is 24.4. The number of quaternary nitrogens is 1. The maximum Gasteiger partial charge on any atom is 0.472 e. The standard InChI is InChI=1S/C67H123N2O7P/c1-7-10-13-16-19-22-25-28-30-32-33-34-35-36-37-38-40-42-45-48-51-54-57-60-67(71)76-65(58-55-52-49-46-43-27-24-21-18-15-12-9-3)64(63-75-77(72,73)74-62-61-69(4,5)6)68-66(70)59-56-53-50-47-44-41-39-31-29-26-23-20-17-14-11-8-2/h11,14,19-20,22-23,28-31,55,58,64-65H,7-10,12-13,15-18,21,24-27,32-54,56-57,59-63H2,1-6H3,(H-,68,70,72,73)/p+1/b14-11+,22-19-,23-20+,30-28-,31-29+,58-55-. The first-order chi connectivity index (χ1) is 37.4. The number of unbranched alkanes of at least 4 members (excludes halogenated alkanes) is 32. The Hall–Kier alpha value is -2.55. The lowest BCUT2D eigenvalue weighted by molar-refractivity contribution is -0.870. The third-order valence-electron chi connectivity index (χ3n) is 14.1. The van der Waals surface area contributed by atoms with Gasteiger partial charge in [0.15, 0.2) is 0 Å². The van der Waals surface area contributed by atoms with E-state index >= 15 is 0 Å². The summed E-state index contributed by atoms with van der Waals surface area (Å²) >= 11 is 0. The molecule has 0 fully saturated rings. The monoisotopic (exact) mass is 1100 g/mol. The topological polar surface area (TPSA) is 111 Å². The van der Waals surface area contributed by atoms with Crippen LogP contribution in [-0.2, 0) is 27.9 Å². The third kappa shape index (κ3) is 57.9. The number of nitrogens with zero attached hydrogens (tertiary/aromatic N) is 1. The fraction of sp³-hybridized carbons (Fsp3) is 0.791. The van der Waals surface area contributed by atoms with Crippen molar-refractivity contribution in [1.29, 1.82) is 0 Å². The number of phosphoric ester groups is 1.